The quantitative estimate of drug-likeness (QED) is 0.467. The highest BCUT2D eigenvalue weighted by Gasteiger charge is 2.30. The first-order chi connectivity index (χ1) is 16.0. The monoisotopic (exact) mass is 452 g/mol. The van der Waals surface area contributed by atoms with Crippen molar-refractivity contribution in [3.63, 3.8) is 0 Å². The zero-order chi connectivity index (χ0) is 23.8. The SMILES string of the molecule is CCCCC(NC(=O)OCC1c2ccccc2-c2ccccc21)C(=O)N[C@@H](CCC)C(=O)O. The Hall–Kier alpha value is -3.35. The van der Waals surface area contributed by atoms with E-state index in [-0.39, 0.29) is 12.5 Å². The number of hydrogen-bond acceptors (Lipinski definition) is 4. The number of alkyl carbamates (subject to hydrolysis) is 1. The summed E-state index contributed by atoms with van der Waals surface area (Å²) in [7, 11) is 0. The Morgan fingerprint density at radius 1 is 0.879 bits per heavy atom. The highest BCUT2D eigenvalue weighted by atomic mass is 16.5. The van der Waals surface area contributed by atoms with Crippen LogP contribution in [0.4, 0.5) is 4.79 Å². The topological polar surface area (TPSA) is 105 Å². The molecule has 33 heavy (non-hydrogen) atoms. The van der Waals surface area contributed by atoms with Crippen molar-refractivity contribution in [1.29, 1.82) is 0 Å². The van der Waals surface area contributed by atoms with Crippen LogP contribution in [0.3, 0.4) is 0 Å². The first-order valence-electron chi connectivity index (χ1n) is 11.6. The molecule has 0 spiro atoms. The van der Waals surface area contributed by atoms with Gasteiger partial charge in [0.15, 0.2) is 0 Å². The van der Waals surface area contributed by atoms with E-state index in [4.69, 9.17) is 4.74 Å². The number of rotatable bonds is 11. The van der Waals surface area contributed by atoms with E-state index in [0.29, 0.717) is 25.7 Å². The lowest BCUT2D eigenvalue weighted by atomic mass is 9.98. The van der Waals surface area contributed by atoms with Gasteiger partial charge >= 0.3 is 12.1 Å². The summed E-state index contributed by atoms with van der Waals surface area (Å²) in [6.07, 6.45) is 2.23. The van der Waals surface area contributed by atoms with Crippen LogP contribution in [0.2, 0.25) is 0 Å². The molecule has 1 aliphatic rings. The first kappa shape index (κ1) is 24.3. The van der Waals surface area contributed by atoms with Gasteiger partial charge in [0, 0.05) is 5.92 Å². The van der Waals surface area contributed by atoms with Gasteiger partial charge in [0.25, 0.3) is 0 Å². The number of carbonyl (C=O) groups excluding carboxylic acids is 2. The van der Waals surface area contributed by atoms with Crippen LogP contribution in [0.15, 0.2) is 48.5 Å². The standard InChI is InChI=1S/C26H32N2O5/c1-3-5-15-22(24(29)27-23(10-4-2)25(30)31)28-26(32)33-16-21-19-13-8-6-11-17(19)18-12-7-9-14-20(18)21/h6-9,11-14,21-23H,3-5,10,15-16H2,1-2H3,(H,27,29)(H,28,32)(H,30,31)/t22?,23-/m0/s1. The van der Waals surface area contributed by atoms with Crippen LogP contribution < -0.4 is 10.6 Å². The smallest absolute Gasteiger partial charge is 0.407 e. The molecule has 1 aliphatic carbocycles. The van der Waals surface area contributed by atoms with Crippen molar-refractivity contribution in [1.82, 2.24) is 10.6 Å². The number of ether oxygens (including phenoxy) is 1. The number of aliphatic carboxylic acids is 1. The molecule has 0 radical (unpaired) electrons. The number of unbranched alkanes of at least 4 members (excludes halogenated alkanes) is 1. The van der Waals surface area contributed by atoms with Gasteiger partial charge in [-0.2, -0.15) is 0 Å². The minimum atomic E-state index is -1.08. The molecule has 2 atom stereocenters. The van der Waals surface area contributed by atoms with Gasteiger partial charge in [0.1, 0.15) is 18.7 Å². The summed E-state index contributed by atoms with van der Waals surface area (Å²) < 4.78 is 5.55. The highest BCUT2D eigenvalue weighted by molar-refractivity contribution is 5.89. The second kappa shape index (κ2) is 11.5. The number of fused-ring (bicyclic) bond motifs is 3. The summed E-state index contributed by atoms with van der Waals surface area (Å²) in [5.41, 5.74) is 4.49. The molecule has 2 aromatic carbocycles. The fourth-order valence-electron chi connectivity index (χ4n) is 4.28. The molecule has 0 fully saturated rings. The second-order valence-electron chi connectivity index (χ2n) is 8.35. The number of nitrogens with one attached hydrogen (secondary N) is 2. The zero-order valence-corrected chi connectivity index (χ0v) is 19.2. The summed E-state index contributed by atoms with van der Waals surface area (Å²) in [5, 5.41) is 14.5. The van der Waals surface area contributed by atoms with E-state index in [1.807, 2.05) is 50.2 Å². The van der Waals surface area contributed by atoms with Crippen LogP contribution in [-0.2, 0) is 14.3 Å². The predicted molar refractivity (Wildman–Crippen MR) is 126 cm³/mol. The maximum absolute atomic E-state index is 12.7. The van der Waals surface area contributed by atoms with E-state index in [1.165, 1.54) is 0 Å². The van der Waals surface area contributed by atoms with E-state index in [0.717, 1.165) is 28.7 Å². The maximum Gasteiger partial charge on any atom is 0.407 e. The van der Waals surface area contributed by atoms with Crippen LogP contribution in [-0.4, -0.2) is 41.8 Å². The Morgan fingerprint density at radius 3 is 2.03 bits per heavy atom. The largest absolute Gasteiger partial charge is 0.480 e. The molecule has 176 valence electrons. The first-order valence-corrected chi connectivity index (χ1v) is 11.6. The summed E-state index contributed by atoms with van der Waals surface area (Å²) in [6, 6.07) is 14.3. The molecule has 0 bridgehead atoms. The van der Waals surface area contributed by atoms with E-state index in [9.17, 15) is 19.5 Å². The van der Waals surface area contributed by atoms with Crippen LogP contribution in [0.25, 0.3) is 11.1 Å². The minimum absolute atomic E-state index is 0.0768. The molecule has 7 heteroatoms. The summed E-state index contributed by atoms with van der Waals surface area (Å²) in [4.78, 5) is 36.7. The summed E-state index contributed by atoms with van der Waals surface area (Å²) >= 11 is 0. The van der Waals surface area contributed by atoms with Gasteiger partial charge in [-0.25, -0.2) is 9.59 Å². The van der Waals surface area contributed by atoms with Gasteiger partial charge < -0.3 is 20.5 Å². The molecule has 0 aromatic heterocycles. The van der Waals surface area contributed by atoms with Crippen molar-refractivity contribution < 1.29 is 24.2 Å². The fraction of sp³-hybridized carbons (Fsp3) is 0.423. The fourth-order valence-corrected chi connectivity index (χ4v) is 4.28. The number of hydrogen-bond donors (Lipinski definition) is 3. The van der Waals surface area contributed by atoms with E-state index < -0.39 is 30.1 Å². The molecule has 0 heterocycles. The lowest BCUT2D eigenvalue weighted by molar-refractivity contribution is -0.142. The van der Waals surface area contributed by atoms with Crippen molar-refractivity contribution in [3.05, 3.63) is 59.7 Å². The van der Waals surface area contributed by atoms with Gasteiger partial charge in [0.05, 0.1) is 0 Å². The Morgan fingerprint density at radius 2 is 1.48 bits per heavy atom. The van der Waals surface area contributed by atoms with E-state index in [2.05, 4.69) is 22.8 Å². The van der Waals surface area contributed by atoms with E-state index >= 15 is 0 Å². The van der Waals surface area contributed by atoms with Gasteiger partial charge in [0.2, 0.25) is 5.91 Å². The van der Waals surface area contributed by atoms with Gasteiger partial charge in [-0.1, -0.05) is 81.6 Å². The van der Waals surface area contributed by atoms with Gasteiger partial charge in [-0.15, -0.1) is 0 Å². The molecule has 7 nitrogen and oxygen atoms in total. The summed E-state index contributed by atoms with van der Waals surface area (Å²) in [6.45, 7) is 3.99. The third-order valence-corrected chi connectivity index (χ3v) is 5.99. The minimum Gasteiger partial charge on any atom is -0.480 e. The third kappa shape index (κ3) is 5.92. The molecule has 3 N–H and O–H groups in total. The van der Waals surface area contributed by atoms with Gasteiger partial charge in [-0.05, 0) is 35.1 Å². The third-order valence-electron chi connectivity index (χ3n) is 5.99. The Labute approximate surface area is 194 Å². The highest BCUT2D eigenvalue weighted by Crippen LogP contribution is 2.44. The van der Waals surface area contributed by atoms with Gasteiger partial charge in [-0.3, -0.25) is 4.79 Å². The maximum atomic E-state index is 12.7. The molecular formula is C26H32N2O5. The Balaban J connectivity index is 1.65. The van der Waals surface area contributed by atoms with Crippen molar-refractivity contribution in [2.24, 2.45) is 0 Å². The molecular weight excluding hydrogens is 420 g/mol. The molecule has 1 unspecified atom stereocenters. The number of carboxylic acid groups (broad SMARTS) is 1. The summed E-state index contributed by atoms with van der Waals surface area (Å²) in [5.74, 6) is -1.66. The average molecular weight is 453 g/mol. The number of carbonyl (C=O) groups is 3. The number of benzene rings is 2. The molecule has 0 aliphatic heterocycles. The lowest BCUT2D eigenvalue weighted by Crippen LogP contribution is -2.51. The number of carboxylic acids is 1. The molecule has 2 amide bonds. The molecule has 0 saturated heterocycles. The van der Waals surface area contributed by atoms with Crippen molar-refractivity contribution in [2.45, 2.75) is 64.0 Å². The molecule has 2 aromatic rings. The van der Waals surface area contributed by atoms with E-state index in [1.54, 1.807) is 0 Å². The second-order valence-corrected chi connectivity index (χ2v) is 8.35. The van der Waals surface area contributed by atoms with Crippen molar-refractivity contribution in [2.75, 3.05) is 6.61 Å². The molecule has 0 saturated carbocycles. The Kier molecular flexibility index (Phi) is 8.46. The average Bonchev–Trinajstić information content (AvgIpc) is 3.13. The van der Waals surface area contributed by atoms with Crippen LogP contribution >= 0.6 is 0 Å². The predicted octanol–water partition coefficient (Wildman–Crippen LogP) is 4.45. The van der Waals surface area contributed by atoms with Crippen molar-refractivity contribution in [3.8, 4) is 11.1 Å². The normalized spacial score (nSPS) is 14.0. The van der Waals surface area contributed by atoms with Crippen LogP contribution in [0, 0.1) is 0 Å². The zero-order valence-electron chi connectivity index (χ0n) is 19.2. The lowest BCUT2D eigenvalue weighted by Gasteiger charge is -2.21. The van der Waals surface area contributed by atoms with Crippen molar-refractivity contribution >= 4 is 18.0 Å². The Bertz CT molecular complexity index is 945. The van der Waals surface area contributed by atoms with Crippen LogP contribution in [0.5, 0.6) is 0 Å². The molecule has 3 rings (SSSR count). The number of amides is 2. The van der Waals surface area contributed by atoms with Crippen LogP contribution in [0.1, 0.15) is 63.0 Å².